The lowest BCUT2D eigenvalue weighted by Crippen LogP contribution is -2.69. The zero-order valence-electron chi connectivity index (χ0n) is 74.2. The molecule has 21 fully saturated rings. The van der Waals surface area contributed by atoms with Gasteiger partial charge in [0.05, 0.1) is 0 Å². The zero-order valence-corrected chi connectivity index (χ0v) is 79.9. The van der Waals surface area contributed by atoms with E-state index in [2.05, 4.69) is 74.4 Å². The van der Waals surface area contributed by atoms with Crippen LogP contribution in [-0.4, -0.2) is 368 Å². The highest BCUT2D eigenvalue weighted by molar-refractivity contribution is 7.81. The molecule has 0 spiro atoms. The van der Waals surface area contributed by atoms with E-state index in [0.717, 1.165) is 0 Å². The molecule has 0 radical (unpaired) electrons. The van der Waals surface area contributed by atoms with E-state index in [4.69, 9.17) is 152 Å². The van der Waals surface area contributed by atoms with Gasteiger partial charge in [0.1, 0.15) is 171 Å². The molecule has 14 bridgehead atoms. The summed E-state index contributed by atoms with van der Waals surface area (Å²) < 4.78 is 92.2. The monoisotopic (exact) mass is 2070 g/mol. The molecule has 21 heterocycles. The molecule has 7 aromatic carbocycles. The van der Waals surface area contributed by atoms with E-state index < -0.39 is 261 Å². The van der Waals surface area contributed by atoms with E-state index in [1.807, 2.05) is 0 Å². The van der Waals surface area contributed by atoms with E-state index in [1.165, 1.54) is 0 Å². The van der Waals surface area contributed by atoms with Crippen LogP contribution in [0, 0.1) is 0 Å². The zero-order chi connectivity index (χ0) is 98.8. The predicted molar refractivity (Wildman–Crippen MR) is 533 cm³/mol. The fraction of sp³-hybridized carbons (Fsp3) is 0.462. The molecule has 28 N–H and O–H groups in total. The van der Waals surface area contributed by atoms with Gasteiger partial charge in [0.2, 0.25) is 0 Å². The number of aliphatic hydroxyl groups excluding tert-OH is 14. The largest absolute Gasteiger partial charge is 0.387 e. The van der Waals surface area contributed by atoms with Crippen LogP contribution in [0.4, 0.5) is 39.8 Å². The standard InChI is InChI=1S/C91H112N14O28S7/c106-57-64(113)78-120-50(36-92-85(134)99-43-22-8-1-9-23-43)71(57)127-79-65(114)58(107)73(52(121-79)38-94-87(136)101-45-26-12-3-13-27-45)129-81-67(116)60(109)75(54(123-81)40-96-89(138)103-47-30-16-5-17-31-47)131-83-69(118)62(111)77(56(125-83)42-98-91(140)105-49-34-20-7-21-35-49)133-84-70(119)63(112)76(55(126-84)41-97-90(139)104-48-32-18-6-19-33-48)132-82-68(117)61(110)74(53(124-82)39-95-88(137)102-46-28-14-4-15-29-46)130-80-66(115)59(108)72(128-78)51(122-80)37-93-86(135)100-44-24-10-2-11-25-44/h1-35,50-84,106-119H,36-42H2,(H2,92,99,134)(H2,93,100,135)(H2,94,101,136)(H2,95,102,137)(H2,96,103,138)(H2,97,104,139)(H2,98,105,140)/t50-,51-,52-,53-,54-,55-,56-,57-,58-,59-,60-,61-,62-,63-,64-,65-,66-,67-,68-,69-,70-,71-,72-,73-,74-,75-,76-,77-,78-,79-,80-,81-,82-,83-,84-/m1/s1. The van der Waals surface area contributed by atoms with Crippen LogP contribution in [0.3, 0.4) is 0 Å². The van der Waals surface area contributed by atoms with E-state index in [1.54, 1.807) is 212 Å². The Bertz CT molecular complexity index is 4290. The first kappa shape index (κ1) is 106. The number of hydrogen-bond donors (Lipinski definition) is 28. The van der Waals surface area contributed by atoms with Crippen LogP contribution in [0.5, 0.6) is 0 Å². The summed E-state index contributed by atoms with van der Waals surface area (Å²) in [6, 6.07) is 60.9. The van der Waals surface area contributed by atoms with E-state index in [-0.39, 0.29) is 35.8 Å². The van der Waals surface area contributed by atoms with Crippen LogP contribution >= 0.6 is 85.5 Å². The highest BCUT2D eigenvalue weighted by Gasteiger charge is 2.60. The van der Waals surface area contributed by atoms with Crippen molar-refractivity contribution in [3.05, 3.63) is 212 Å². The Labute approximate surface area is 841 Å². The summed E-state index contributed by atoms with van der Waals surface area (Å²) in [5.74, 6) is 0. The molecule has 21 aliphatic heterocycles. The summed E-state index contributed by atoms with van der Waals surface area (Å²) in [7, 11) is 0. The van der Waals surface area contributed by atoms with Gasteiger partial charge in [-0.2, -0.15) is 0 Å². The molecule has 140 heavy (non-hydrogen) atoms. The van der Waals surface area contributed by atoms with Gasteiger partial charge in [-0.15, -0.1) is 0 Å². The quantitative estimate of drug-likeness (QED) is 0.0373. The topological polar surface area (TPSA) is 581 Å². The predicted octanol–water partition coefficient (Wildman–Crippen LogP) is -1.27. The van der Waals surface area contributed by atoms with Crippen molar-refractivity contribution in [1.82, 2.24) is 37.2 Å². The van der Waals surface area contributed by atoms with Gasteiger partial charge < -0.3 is 212 Å². The van der Waals surface area contributed by atoms with Crippen LogP contribution in [0.1, 0.15) is 0 Å². The van der Waals surface area contributed by atoms with Crippen LogP contribution < -0.4 is 74.4 Å². The minimum Gasteiger partial charge on any atom is -0.387 e. The van der Waals surface area contributed by atoms with Crippen molar-refractivity contribution in [3.8, 4) is 0 Å². The molecule has 0 amide bonds. The first-order valence-electron chi connectivity index (χ1n) is 44.9. The Morgan fingerprint density at radius 3 is 0.379 bits per heavy atom. The highest BCUT2D eigenvalue weighted by atomic mass is 32.1. The molecule has 49 heteroatoms. The summed E-state index contributed by atoms with van der Waals surface area (Å²) in [6.07, 6.45) is -69.9. The average Bonchev–Trinajstić information content (AvgIpc) is 0.793. The van der Waals surface area contributed by atoms with Crippen LogP contribution in [0.25, 0.3) is 0 Å². The van der Waals surface area contributed by atoms with Crippen molar-refractivity contribution in [2.75, 3.05) is 83.0 Å². The summed E-state index contributed by atoms with van der Waals surface area (Å²) in [4.78, 5) is 0. The Morgan fingerprint density at radius 2 is 0.271 bits per heavy atom. The molecule has 0 unspecified atom stereocenters. The molecule has 21 aliphatic rings. The molecule has 0 aliphatic carbocycles. The molecular formula is C91H112N14O28S7. The Kier molecular flexibility index (Phi) is 37.8. The molecule has 42 nitrogen and oxygen atoms in total. The minimum atomic E-state index is -2.25. The maximum Gasteiger partial charge on any atom is 0.187 e. The normalized spacial score (nSPS) is 35.0. The molecule has 21 saturated heterocycles. The first-order valence-corrected chi connectivity index (χ1v) is 47.8. The lowest BCUT2D eigenvalue weighted by molar-refractivity contribution is -0.391. The van der Waals surface area contributed by atoms with Crippen molar-refractivity contribution >= 4 is 161 Å². The van der Waals surface area contributed by atoms with Gasteiger partial charge in [-0.1, -0.05) is 127 Å². The van der Waals surface area contributed by atoms with Crippen molar-refractivity contribution < 1.29 is 138 Å². The highest BCUT2D eigenvalue weighted by Crippen LogP contribution is 2.40. The minimum absolute atomic E-state index is 0.0228. The summed E-state index contributed by atoms with van der Waals surface area (Å²) in [5, 5.41) is 220. The number of nitrogens with one attached hydrogen (secondary N) is 14. The molecule has 756 valence electrons. The summed E-state index contributed by atoms with van der Waals surface area (Å²) in [6.45, 7) is -3.22. The van der Waals surface area contributed by atoms with Gasteiger partial charge in [-0.3, -0.25) is 0 Å². The molecule has 0 saturated carbocycles. The van der Waals surface area contributed by atoms with Crippen LogP contribution in [0.2, 0.25) is 0 Å². The maximum absolute atomic E-state index is 12.8. The Morgan fingerprint density at radius 1 is 0.164 bits per heavy atom. The van der Waals surface area contributed by atoms with E-state index >= 15 is 0 Å². The van der Waals surface area contributed by atoms with Gasteiger partial charge in [-0.05, 0) is 170 Å². The third-order valence-corrected chi connectivity index (χ3v) is 25.7. The fourth-order valence-corrected chi connectivity index (χ4v) is 18.2. The number of thiocarbonyl (C=S) groups is 7. The second-order valence-electron chi connectivity index (χ2n) is 33.8. The SMILES string of the molecule is O[C@@H]1[C@@H](O)[C@H]2O[C@H]3[C@H](O)[C@@H](O)[C@@H](O[C@H]4[C@H](O)[C@@H](O)[C@@H](O[C@H]5[C@H](O)[C@@H](O)[C@@H](O[C@H]6[C@H](O)[C@@H](O)[C@@H](O[C@H]7[C@H](O)[C@@H](O)[C@@H](O[C@H]8[C@H](O)[C@@H](O)[C@@H](O[C@@H]1[C@@H](CNC(=S)Nc1ccccc1)O2)O[C@@H]8CNC(=S)Nc1ccccc1)O[C@@H]7CNC(=S)Nc1ccccc1)O[C@@H]6CNC(=S)Nc1ccccc1)O[C@@H]5CNC(=S)Nc1ccccc1)O[C@@H]4CNC(=S)Nc1ccccc1)O[C@@H]3CNC(=S)Nc1ccccc1. The fourth-order valence-electron chi connectivity index (χ4n) is 16.8. The Hall–Kier alpha value is -8.75. The smallest absolute Gasteiger partial charge is 0.187 e. The van der Waals surface area contributed by atoms with Crippen molar-refractivity contribution in [1.29, 1.82) is 0 Å². The van der Waals surface area contributed by atoms with Crippen LogP contribution in [0.15, 0.2) is 212 Å². The van der Waals surface area contributed by atoms with Gasteiger partial charge in [-0.25, -0.2) is 0 Å². The van der Waals surface area contributed by atoms with Crippen LogP contribution in [-0.2, 0) is 66.3 Å². The second kappa shape index (κ2) is 50.2. The number of benzene rings is 7. The number of para-hydroxylation sites is 7. The number of ether oxygens (including phenoxy) is 14. The van der Waals surface area contributed by atoms with Crippen molar-refractivity contribution in [2.24, 2.45) is 0 Å². The number of rotatable bonds is 21. The van der Waals surface area contributed by atoms with E-state index in [0.29, 0.717) is 39.8 Å². The second-order valence-corrected chi connectivity index (χ2v) is 36.6. The van der Waals surface area contributed by atoms with Gasteiger partial charge in [0, 0.05) is 85.6 Å². The third-order valence-electron chi connectivity index (χ3n) is 24.0. The maximum atomic E-state index is 12.8. The van der Waals surface area contributed by atoms with Gasteiger partial charge >= 0.3 is 0 Å². The van der Waals surface area contributed by atoms with E-state index in [9.17, 15) is 71.5 Å². The average molecular weight is 2070 g/mol. The third kappa shape index (κ3) is 27.5. The number of aliphatic hydroxyl groups is 14. The summed E-state index contributed by atoms with van der Waals surface area (Å²) in [5.41, 5.74) is 3.71. The molecule has 35 atom stereocenters. The first-order chi connectivity index (χ1) is 67.5. The van der Waals surface area contributed by atoms with Gasteiger partial charge in [0.15, 0.2) is 79.8 Å². The lowest BCUT2D eigenvalue weighted by Gasteiger charge is -2.50. The molecular weight excluding hydrogens is 1960 g/mol. The number of hydrogen-bond acceptors (Lipinski definition) is 35. The number of anilines is 7. The molecule has 28 rings (SSSR count). The summed E-state index contributed by atoms with van der Waals surface area (Å²) >= 11 is 40.4. The molecule has 7 aromatic rings. The Balaban J connectivity index is 0.809. The van der Waals surface area contributed by atoms with Gasteiger partial charge in [0.25, 0.3) is 0 Å². The molecule has 0 aromatic heterocycles. The van der Waals surface area contributed by atoms with Crippen molar-refractivity contribution in [3.63, 3.8) is 0 Å². The lowest BCUT2D eigenvalue weighted by atomic mass is 9.94. The van der Waals surface area contributed by atoms with Crippen molar-refractivity contribution in [2.45, 2.75) is 215 Å².